The van der Waals surface area contributed by atoms with Crippen molar-refractivity contribution < 1.29 is 22.8 Å². The Morgan fingerprint density at radius 3 is 2.54 bits per heavy atom. The first-order chi connectivity index (χ1) is 18.3. The maximum Gasteiger partial charge on any atom is 0.281 e. The number of anilines is 1. The maximum atomic E-state index is 13.8. The van der Waals surface area contributed by atoms with Gasteiger partial charge in [0.05, 0.1) is 11.1 Å². The van der Waals surface area contributed by atoms with Crippen LogP contribution in [0.15, 0.2) is 65.7 Å². The van der Waals surface area contributed by atoms with Crippen LogP contribution in [-0.2, 0) is 18.4 Å². The van der Waals surface area contributed by atoms with Gasteiger partial charge in [-0.25, -0.2) is 13.2 Å². The summed E-state index contributed by atoms with van der Waals surface area (Å²) in [5.74, 6) is -1.79. The highest BCUT2D eigenvalue weighted by atomic mass is 35.5. The zero-order chi connectivity index (χ0) is 28.5. The Labute approximate surface area is 226 Å². The van der Waals surface area contributed by atoms with Crippen molar-refractivity contribution in [1.82, 2.24) is 14.9 Å². The summed E-state index contributed by atoms with van der Waals surface area (Å²) in [6, 6.07) is 12.6. The smallest absolute Gasteiger partial charge is 0.281 e. The lowest BCUT2D eigenvalue weighted by molar-refractivity contribution is -0.130. The lowest BCUT2D eigenvalue weighted by atomic mass is 10.0. The molecular formula is C28H24ClF3N4O3. The van der Waals surface area contributed by atoms with Gasteiger partial charge in [-0.15, -0.1) is 0 Å². The van der Waals surface area contributed by atoms with E-state index >= 15 is 0 Å². The lowest BCUT2D eigenvalue weighted by Gasteiger charge is -2.15. The van der Waals surface area contributed by atoms with Crippen LogP contribution < -0.4 is 16.1 Å². The first kappa shape index (κ1) is 27.8. The zero-order valence-electron chi connectivity index (χ0n) is 21.2. The first-order valence-electron chi connectivity index (χ1n) is 11.8. The van der Waals surface area contributed by atoms with E-state index < -0.39 is 35.2 Å². The van der Waals surface area contributed by atoms with Crippen molar-refractivity contribution in [3.63, 3.8) is 0 Å². The Morgan fingerprint density at radius 1 is 1.13 bits per heavy atom. The molecular weight excluding hydrogens is 533 g/mol. The highest BCUT2D eigenvalue weighted by Crippen LogP contribution is 2.26. The molecule has 202 valence electrons. The average molecular weight is 557 g/mol. The normalized spacial score (nSPS) is 11.6. The Hall–Kier alpha value is -4.18. The topological polar surface area (TPSA) is 93.1 Å². The molecule has 2 amide bonds. The van der Waals surface area contributed by atoms with Crippen LogP contribution in [0.3, 0.4) is 0 Å². The van der Waals surface area contributed by atoms with Crippen molar-refractivity contribution in [3.05, 3.63) is 93.0 Å². The summed E-state index contributed by atoms with van der Waals surface area (Å²) in [4.78, 5) is 41.9. The number of amides is 2. The van der Waals surface area contributed by atoms with E-state index in [-0.39, 0.29) is 23.2 Å². The van der Waals surface area contributed by atoms with Gasteiger partial charge in [-0.1, -0.05) is 23.7 Å². The van der Waals surface area contributed by atoms with Gasteiger partial charge in [0.15, 0.2) is 11.1 Å². The first-order valence-corrected chi connectivity index (χ1v) is 12.2. The summed E-state index contributed by atoms with van der Waals surface area (Å²) < 4.78 is 42.9. The van der Waals surface area contributed by atoms with Crippen molar-refractivity contribution in [1.29, 1.82) is 0 Å². The average Bonchev–Trinajstić information content (AvgIpc) is 2.88. The molecule has 7 nitrogen and oxygen atoms in total. The molecule has 0 aliphatic heterocycles. The zero-order valence-corrected chi connectivity index (χ0v) is 21.9. The predicted octanol–water partition coefficient (Wildman–Crippen LogP) is 5.81. The number of benzene rings is 2. The Kier molecular flexibility index (Phi) is 7.78. The van der Waals surface area contributed by atoms with Gasteiger partial charge in [-0.2, -0.15) is 0 Å². The minimum atomic E-state index is -3.05. The second kappa shape index (κ2) is 10.9. The molecule has 0 unspecified atom stereocenters. The number of nitrogens with zero attached hydrogens (tertiary/aromatic N) is 2. The number of pyridine rings is 2. The number of fused-ring (bicyclic) bond motifs is 1. The van der Waals surface area contributed by atoms with Gasteiger partial charge >= 0.3 is 0 Å². The number of hydrogen-bond donors (Lipinski definition) is 2. The molecule has 0 aliphatic rings. The number of halogens is 4. The summed E-state index contributed by atoms with van der Waals surface area (Å²) in [5.41, 5.74) is -1.59. The van der Waals surface area contributed by atoms with E-state index in [9.17, 15) is 27.6 Å². The van der Waals surface area contributed by atoms with E-state index in [0.717, 1.165) is 26.1 Å². The fraction of sp³-hybridized carbons (Fsp3) is 0.214. The van der Waals surface area contributed by atoms with Crippen molar-refractivity contribution in [2.75, 3.05) is 5.32 Å². The SMILES string of the molecule is Cn1cc(-c2cccc(Cl)c2)c(=O)c2cc(NC(=O)c3cc(CNC(=O)C(C)(C)F)cnc3C(F)F)ccc21. The summed E-state index contributed by atoms with van der Waals surface area (Å²) in [6.45, 7) is 1.93. The van der Waals surface area contributed by atoms with Gasteiger partial charge < -0.3 is 15.2 Å². The number of hydrogen-bond acceptors (Lipinski definition) is 4. The Morgan fingerprint density at radius 2 is 1.87 bits per heavy atom. The summed E-state index contributed by atoms with van der Waals surface area (Å²) in [6.07, 6.45) is -0.284. The van der Waals surface area contributed by atoms with E-state index in [4.69, 9.17) is 11.6 Å². The molecule has 4 rings (SSSR count). The second-order valence-corrected chi connectivity index (χ2v) is 9.85. The van der Waals surface area contributed by atoms with Gasteiger partial charge in [-0.3, -0.25) is 19.4 Å². The van der Waals surface area contributed by atoms with Crippen LogP contribution in [0, 0.1) is 0 Å². The molecule has 4 aromatic rings. The molecule has 2 aromatic heterocycles. The van der Waals surface area contributed by atoms with E-state index in [2.05, 4.69) is 15.6 Å². The number of nitrogens with one attached hydrogen (secondary N) is 2. The fourth-order valence-electron chi connectivity index (χ4n) is 3.99. The lowest BCUT2D eigenvalue weighted by Crippen LogP contribution is -2.38. The maximum absolute atomic E-state index is 13.8. The van der Waals surface area contributed by atoms with Gasteiger partial charge in [0.1, 0.15) is 5.69 Å². The monoisotopic (exact) mass is 556 g/mol. The molecule has 2 N–H and O–H groups in total. The number of aromatic nitrogens is 2. The third-order valence-corrected chi connectivity index (χ3v) is 6.24. The molecule has 0 radical (unpaired) electrons. The van der Waals surface area contributed by atoms with Gasteiger partial charge in [-0.05, 0) is 61.4 Å². The van der Waals surface area contributed by atoms with E-state index in [1.807, 2.05) is 0 Å². The molecule has 0 saturated carbocycles. The van der Waals surface area contributed by atoms with Crippen LogP contribution in [0.4, 0.5) is 18.9 Å². The van der Waals surface area contributed by atoms with Crippen LogP contribution >= 0.6 is 11.6 Å². The van der Waals surface area contributed by atoms with Gasteiger partial charge in [0, 0.05) is 47.6 Å². The third kappa shape index (κ3) is 6.12. The molecule has 0 bridgehead atoms. The van der Waals surface area contributed by atoms with Gasteiger partial charge in [0.2, 0.25) is 0 Å². The Bertz CT molecular complexity index is 1650. The van der Waals surface area contributed by atoms with Crippen molar-refractivity contribution >= 4 is 40.0 Å². The van der Waals surface area contributed by atoms with E-state index in [1.54, 1.807) is 54.2 Å². The van der Waals surface area contributed by atoms with Crippen LogP contribution in [0.25, 0.3) is 22.0 Å². The minimum Gasteiger partial charge on any atom is -0.350 e. The van der Waals surface area contributed by atoms with Crippen LogP contribution in [-0.4, -0.2) is 27.0 Å². The predicted molar refractivity (Wildman–Crippen MR) is 144 cm³/mol. The fourth-order valence-corrected chi connectivity index (χ4v) is 4.18. The quantitative estimate of drug-likeness (QED) is 0.300. The highest BCUT2D eigenvalue weighted by Gasteiger charge is 2.26. The van der Waals surface area contributed by atoms with E-state index in [0.29, 0.717) is 27.1 Å². The highest BCUT2D eigenvalue weighted by molar-refractivity contribution is 6.30. The van der Waals surface area contributed by atoms with Crippen molar-refractivity contribution in [2.45, 2.75) is 32.5 Å². The molecule has 0 fully saturated rings. The summed E-state index contributed by atoms with van der Waals surface area (Å²) in [7, 11) is 1.77. The standard InChI is InChI=1S/C28H24ClF3N4O3/c1-28(2,32)27(39)34-13-15-9-20(23(25(30)31)33-12-15)26(38)35-18-7-8-22-19(11-18)24(37)21(14-36(22)3)16-5-4-6-17(29)10-16/h4-12,14,25H,13H2,1-3H3,(H,34,39)(H,35,38). The molecule has 39 heavy (non-hydrogen) atoms. The van der Waals surface area contributed by atoms with Crippen molar-refractivity contribution in [2.24, 2.45) is 7.05 Å². The molecule has 0 saturated heterocycles. The molecule has 2 aromatic carbocycles. The molecule has 0 atom stereocenters. The molecule has 0 spiro atoms. The number of alkyl halides is 3. The number of rotatable bonds is 7. The minimum absolute atomic E-state index is 0.200. The van der Waals surface area contributed by atoms with Gasteiger partial charge in [0.25, 0.3) is 18.2 Å². The largest absolute Gasteiger partial charge is 0.350 e. The Balaban J connectivity index is 1.67. The summed E-state index contributed by atoms with van der Waals surface area (Å²) >= 11 is 6.09. The number of aryl methyl sites for hydroxylation is 1. The van der Waals surface area contributed by atoms with E-state index in [1.165, 1.54) is 6.07 Å². The van der Waals surface area contributed by atoms with Crippen LogP contribution in [0.2, 0.25) is 5.02 Å². The number of carbonyl (C=O) groups is 2. The second-order valence-electron chi connectivity index (χ2n) is 9.41. The molecule has 2 heterocycles. The van der Waals surface area contributed by atoms with Crippen LogP contribution in [0.1, 0.15) is 41.9 Å². The number of carbonyl (C=O) groups excluding carboxylic acids is 2. The molecule has 11 heteroatoms. The van der Waals surface area contributed by atoms with Crippen molar-refractivity contribution in [3.8, 4) is 11.1 Å². The molecule has 0 aliphatic carbocycles. The van der Waals surface area contributed by atoms with Crippen LogP contribution in [0.5, 0.6) is 0 Å². The summed E-state index contributed by atoms with van der Waals surface area (Å²) in [5, 5.41) is 5.65. The third-order valence-electron chi connectivity index (χ3n) is 6.00.